The first kappa shape index (κ1) is 26.6. The van der Waals surface area contributed by atoms with Crippen molar-refractivity contribution in [3.8, 4) is 5.75 Å². The van der Waals surface area contributed by atoms with Gasteiger partial charge < -0.3 is 15.0 Å². The minimum atomic E-state index is -0.792. The minimum Gasteiger partial charge on any atom is -0.484 e. The van der Waals surface area contributed by atoms with Crippen molar-refractivity contribution in [1.82, 2.24) is 10.2 Å². The van der Waals surface area contributed by atoms with Gasteiger partial charge in [-0.1, -0.05) is 77.8 Å². The predicted octanol–water partition coefficient (Wildman–Crippen LogP) is 5.85. The molecule has 184 valence electrons. The first-order valence-electron chi connectivity index (χ1n) is 11.5. The van der Waals surface area contributed by atoms with E-state index in [2.05, 4.69) is 5.32 Å². The van der Waals surface area contributed by atoms with E-state index in [1.54, 1.807) is 18.2 Å². The number of carbonyl (C=O) groups excluding carboxylic acids is 2. The Bertz CT molecular complexity index is 1130. The molecule has 0 saturated heterocycles. The fourth-order valence-electron chi connectivity index (χ4n) is 3.73. The molecule has 0 aromatic heterocycles. The summed E-state index contributed by atoms with van der Waals surface area (Å²) in [6.45, 7) is 5.52. The minimum absolute atomic E-state index is 0.0670. The zero-order chi connectivity index (χ0) is 25.4. The van der Waals surface area contributed by atoms with Crippen LogP contribution in [0.2, 0.25) is 10.0 Å². The van der Waals surface area contributed by atoms with Crippen LogP contribution in [0.25, 0.3) is 0 Å². The van der Waals surface area contributed by atoms with Crippen LogP contribution in [0.5, 0.6) is 5.75 Å². The molecule has 1 atom stereocenters. The highest BCUT2D eigenvalue weighted by atomic mass is 35.5. The molecule has 1 unspecified atom stereocenters. The van der Waals surface area contributed by atoms with Gasteiger partial charge in [0, 0.05) is 34.6 Å². The quantitative estimate of drug-likeness (QED) is 0.370. The van der Waals surface area contributed by atoms with E-state index in [1.807, 2.05) is 75.4 Å². The molecule has 3 aromatic rings. The van der Waals surface area contributed by atoms with Crippen molar-refractivity contribution in [2.75, 3.05) is 6.61 Å². The Balaban J connectivity index is 1.97. The van der Waals surface area contributed by atoms with Gasteiger partial charge in [-0.05, 0) is 50.1 Å². The van der Waals surface area contributed by atoms with Gasteiger partial charge in [-0.25, -0.2) is 0 Å². The van der Waals surface area contributed by atoms with E-state index in [-0.39, 0.29) is 31.0 Å². The van der Waals surface area contributed by atoms with Gasteiger partial charge in [0.25, 0.3) is 5.91 Å². The zero-order valence-corrected chi connectivity index (χ0v) is 21.6. The van der Waals surface area contributed by atoms with Gasteiger partial charge in [-0.2, -0.15) is 0 Å². The Hall–Kier alpha value is -3.02. The van der Waals surface area contributed by atoms with Crippen LogP contribution in [0.15, 0.2) is 72.8 Å². The molecule has 0 spiro atoms. The van der Waals surface area contributed by atoms with Crippen LogP contribution in [0, 0.1) is 6.92 Å². The molecule has 0 aliphatic carbocycles. The Labute approximate surface area is 217 Å². The summed E-state index contributed by atoms with van der Waals surface area (Å²) in [5.74, 6) is 0.0168. The smallest absolute Gasteiger partial charge is 0.261 e. The number of para-hydroxylation sites is 1. The predicted molar refractivity (Wildman–Crippen MR) is 141 cm³/mol. The van der Waals surface area contributed by atoms with Crippen LogP contribution in [-0.2, 0) is 22.6 Å². The average Bonchev–Trinajstić information content (AvgIpc) is 2.82. The van der Waals surface area contributed by atoms with Crippen LogP contribution in [0.1, 0.15) is 30.5 Å². The molecule has 2 amide bonds. The number of halogens is 2. The monoisotopic (exact) mass is 512 g/mol. The van der Waals surface area contributed by atoms with Crippen LogP contribution in [-0.4, -0.2) is 35.4 Å². The van der Waals surface area contributed by atoms with Crippen LogP contribution < -0.4 is 10.1 Å². The molecule has 0 aliphatic heterocycles. The third-order valence-electron chi connectivity index (χ3n) is 5.54. The summed E-state index contributed by atoms with van der Waals surface area (Å²) in [6.07, 6.45) is 0.331. The Morgan fingerprint density at radius 1 is 0.914 bits per heavy atom. The number of benzene rings is 3. The normalized spacial score (nSPS) is 11.7. The summed E-state index contributed by atoms with van der Waals surface area (Å²) in [6, 6.07) is 21.4. The zero-order valence-electron chi connectivity index (χ0n) is 20.1. The van der Waals surface area contributed by atoms with E-state index >= 15 is 0 Å². The fraction of sp³-hybridized carbons (Fsp3) is 0.286. The Kier molecular flexibility index (Phi) is 9.58. The number of nitrogens with one attached hydrogen (secondary N) is 1. The highest BCUT2D eigenvalue weighted by Crippen LogP contribution is 2.27. The Morgan fingerprint density at radius 3 is 2.17 bits per heavy atom. The molecule has 0 bridgehead atoms. The number of carbonyl (C=O) groups is 2. The fourth-order valence-corrected chi connectivity index (χ4v) is 4.25. The first-order valence-corrected chi connectivity index (χ1v) is 12.3. The van der Waals surface area contributed by atoms with E-state index in [9.17, 15) is 9.59 Å². The van der Waals surface area contributed by atoms with Crippen LogP contribution >= 0.6 is 23.2 Å². The van der Waals surface area contributed by atoms with Crippen molar-refractivity contribution in [3.05, 3.63) is 99.5 Å². The number of amides is 2. The average molecular weight is 513 g/mol. The molecular formula is C28H30Cl2N2O3. The lowest BCUT2D eigenvalue weighted by atomic mass is 10.0. The largest absolute Gasteiger partial charge is 0.484 e. The van der Waals surface area contributed by atoms with Gasteiger partial charge >= 0.3 is 0 Å². The summed E-state index contributed by atoms with van der Waals surface area (Å²) in [5.41, 5.74) is 2.43. The van der Waals surface area contributed by atoms with Gasteiger partial charge in [0.15, 0.2) is 6.61 Å². The van der Waals surface area contributed by atoms with Gasteiger partial charge in [0.05, 0.1) is 0 Å². The molecule has 3 aromatic carbocycles. The van der Waals surface area contributed by atoms with Crippen molar-refractivity contribution in [3.63, 3.8) is 0 Å². The van der Waals surface area contributed by atoms with Crippen LogP contribution in [0.4, 0.5) is 0 Å². The molecule has 35 heavy (non-hydrogen) atoms. The number of ether oxygens (including phenoxy) is 1. The van der Waals surface area contributed by atoms with Crippen molar-refractivity contribution in [2.45, 2.75) is 45.8 Å². The summed E-state index contributed by atoms with van der Waals surface area (Å²) in [7, 11) is 0. The van der Waals surface area contributed by atoms with E-state index < -0.39 is 6.04 Å². The molecule has 0 heterocycles. The summed E-state index contributed by atoms with van der Waals surface area (Å²) >= 11 is 12.9. The second-order valence-electron chi connectivity index (χ2n) is 8.64. The number of aryl methyl sites for hydroxylation is 1. The highest BCUT2D eigenvalue weighted by Gasteiger charge is 2.32. The molecule has 3 rings (SSSR count). The van der Waals surface area contributed by atoms with E-state index in [1.165, 1.54) is 4.90 Å². The van der Waals surface area contributed by atoms with Gasteiger partial charge in [0.2, 0.25) is 5.91 Å². The molecule has 0 aliphatic rings. The maximum atomic E-state index is 13.6. The van der Waals surface area contributed by atoms with Crippen molar-refractivity contribution >= 4 is 35.0 Å². The molecule has 1 N–H and O–H groups in total. The summed E-state index contributed by atoms with van der Waals surface area (Å²) in [4.78, 5) is 28.5. The van der Waals surface area contributed by atoms with E-state index in [4.69, 9.17) is 27.9 Å². The topological polar surface area (TPSA) is 58.6 Å². The SMILES string of the molecule is Cc1ccccc1OCC(=O)N(Cc1c(Cl)cccc1Cl)C(Cc1ccccc1)C(=O)NC(C)C. The molecular weight excluding hydrogens is 483 g/mol. The lowest BCUT2D eigenvalue weighted by Crippen LogP contribution is -2.53. The summed E-state index contributed by atoms with van der Waals surface area (Å²) in [5, 5.41) is 3.81. The molecule has 0 fully saturated rings. The first-order chi connectivity index (χ1) is 16.8. The van der Waals surface area contributed by atoms with Gasteiger partial charge in [-0.3, -0.25) is 9.59 Å². The van der Waals surface area contributed by atoms with Crippen molar-refractivity contribution < 1.29 is 14.3 Å². The highest BCUT2D eigenvalue weighted by molar-refractivity contribution is 6.36. The number of hydrogen-bond acceptors (Lipinski definition) is 3. The van der Waals surface area contributed by atoms with Crippen LogP contribution in [0.3, 0.4) is 0 Å². The standard InChI is InChI=1S/C28H30Cl2N2O3/c1-19(2)31-28(34)25(16-21-11-5-4-6-12-21)32(17-22-23(29)13-9-14-24(22)30)27(33)18-35-26-15-8-7-10-20(26)3/h4-15,19,25H,16-18H2,1-3H3,(H,31,34). The van der Waals surface area contributed by atoms with Crippen molar-refractivity contribution in [2.24, 2.45) is 0 Å². The van der Waals surface area contributed by atoms with Gasteiger partial charge in [0.1, 0.15) is 11.8 Å². The number of nitrogens with zero attached hydrogens (tertiary/aromatic N) is 1. The van der Waals surface area contributed by atoms with E-state index in [0.29, 0.717) is 27.8 Å². The second kappa shape index (κ2) is 12.6. The molecule has 0 saturated carbocycles. The maximum absolute atomic E-state index is 13.6. The lowest BCUT2D eigenvalue weighted by molar-refractivity contribution is -0.143. The number of rotatable bonds is 10. The van der Waals surface area contributed by atoms with Gasteiger partial charge in [-0.15, -0.1) is 0 Å². The molecule has 5 nitrogen and oxygen atoms in total. The lowest BCUT2D eigenvalue weighted by Gasteiger charge is -2.32. The maximum Gasteiger partial charge on any atom is 0.261 e. The third-order valence-corrected chi connectivity index (χ3v) is 6.25. The third kappa shape index (κ3) is 7.48. The number of hydrogen-bond donors (Lipinski definition) is 1. The van der Waals surface area contributed by atoms with Crippen molar-refractivity contribution in [1.29, 1.82) is 0 Å². The summed E-state index contributed by atoms with van der Waals surface area (Å²) < 4.78 is 5.85. The van der Waals surface area contributed by atoms with E-state index in [0.717, 1.165) is 11.1 Å². The second-order valence-corrected chi connectivity index (χ2v) is 9.46. The Morgan fingerprint density at radius 2 is 1.54 bits per heavy atom. The molecule has 0 radical (unpaired) electrons. The molecule has 7 heteroatoms.